The monoisotopic (exact) mass is 237 g/mol. The van der Waals surface area contributed by atoms with E-state index in [0.717, 1.165) is 0 Å². The van der Waals surface area contributed by atoms with Gasteiger partial charge in [-0.15, -0.1) is 0 Å². The van der Waals surface area contributed by atoms with Crippen LogP contribution >= 0.6 is 11.6 Å². The molecule has 0 amide bonds. The van der Waals surface area contributed by atoms with Gasteiger partial charge in [0.05, 0.1) is 5.69 Å². The molecule has 0 aliphatic rings. The first-order valence-electron chi connectivity index (χ1n) is 4.45. The standard InChI is InChI=1S/C10H8ClN3O2/c11-8-5-14(10(16)13-9(8)15)7-3-1-6(12)2-4-7/h1-5H,12H2,(H,13,15,16). The van der Waals surface area contributed by atoms with Crippen molar-refractivity contribution < 1.29 is 0 Å². The highest BCUT2D eigenvalue weighted by Gasteiger charge is 2.03. The zero-order valence-corrected chi connectivity index (χ0v) is 8.86. The number of hydrogen-bond donors (Lipinski definition) is 2. The molecule has 5 nitrogen and oxygen atoms in total. The van der Waals surface area contributed by atoms with Gasteiger partial charge in [-0.2, -0.15) is 0 Å². The largest absolute Gasteiger partial charge is 0.399 e. The molecule has 3 N–H and O–H groups in total. The molecule has 0 bridgehead atoms. The number of anilines is 1. The highest BCUT2D eigenvalue weighted by atomic mass is 35.5. The Balaban J connectivity index is 2.65. The van der Waals surface area contributed by atoms with E-state index in [9.17, 15) is 9.59 Å². The Hall–Kier alpha value is -2.01. The third-order valence-corrected chi connectivity index (χ3v) is 2.34. The summed E-state index contributed by atoms with van der Waals surface area (Å²) in [4.78, 5) is 24.7. The Morgan fingerprint density at radius 2 is 1.81 bits per heavy atom. The average Bonchev–Trinajstić information content (AvgIpc) is 2.25. The first kappa shape index (κ1) is 10.5. The summed E-state index contributed by atoms with van der Waals surface area (Å²) < 4.78 is 1.24. The molecule has 1 aromatic carbocycles. The SMILES string of the molecule is Nc1ccc(-n2cc(Cl)c(=O)[nH]c2=O)cc1. The van der Waals surface area contributed by atoms with Gasteiger partial charge in [0, 0.05) is 11.9 Å². The predicted molar refractivity (Wildman–Crippen MR) is 62.1 cm³/mol. The van der Waals surface area contributed by atoms with Gasteiger partial charge < -0.3 is 5.73 Å². The highest BCUT2D eigenvalue weighted by molar-refractivity contribution is 6.30. The molecular weight excluding hydrogens is 230 g/mol. The lowest BCUT2D eigenvalue weighted by atomic mass is 10.3. The summed E-state index contributed by atoms with van der Waals surface area (Å²) in [5.74, 6) is 0. The molecule has 0 spiro atoms. The van der Waals surface area contributed by atoms with E-state index in [-0.39, 0.29) is 5.02 Å². The Labute approximate surface area is 95.1 Å². The van der Waals surface area contributed by atoms with Crippen LogP contribution in [0.4, 0.5) is 5.69 Å². The van der Waals surface area contributed by atoms with Gasteiger partial charge in [-0.1, -0.05) is 11.6 Å². The van der Waals surface area contributed by atoms with E-state index in [1.165, 1.54) is 10.8 Å². The van der Waals surface area contributed by atoms with Crippen LogP contribution in [0.3, 0.4) is 0 Å². The molecule has 0 saturated carbocycles. The van der Waals surface area contributed by atoms with E-state index in [2.05, 4.69) is 4.98 Å². The minimum absolute atomic E-state index is 0.0450. The summed E-state index contributed by atoms with van der Waals surface area (Å²) in [5.41, 5.74) is 5.56. The maximum Gasteiger partial charge on any atom is 0.332 e. The Bertz CT molecular complexity index is 628. The molecule has 82 valence electrons. The fourth-order valence-electron chi connectivity index (χ4n) is 1.27. The number of aromatic amines is 1. The zero-order valence-electron chi connectivity index (χ0n) is 8.11. The quantitative estimate of drug-likeness (QED) is 0.719. The van der Waals surface area contributed by atoms with Crippen LogP contribution in [0.5, 0.6) is 0 Å². The topological polar surface area (TPSA) is 80.9 Å². The van der Waals surface area contributed by atoms with Crippen LogP contribution in [0, 0.1) is 0 Å². The molecule has 0 saturated heterocycles. The lowest BCUT2D eigenvalue weighted by Crippen LogP contribution is -2.28. The van der Waals surface area contributed by atoms with Gasteiger partial charge in [0.1, 0.15) is 5.02 Å². The number of halogens is 1. The summed E-state index contributed by atoms with van der Waals surface area (Å²) in [6.07, 6.45) is 1.27. The Kier molecular flexibility index (Phi) is 2.54. The second-order valence-corrected chi connectivity index (χ2v) is 3.61. The van der Waals surface area contributed by atoms with Gasteiger partial charge in [-0.05, 0) is 24.3 Å². The molecule has 0 aliphatic heterocycles. The molecule has 2 aromatic rings. The number of aromatic nitrogens is 2. The van der Waals surface area contributed by atoms with E-state index >= 15 is 0 Å². The van der Waals surface area contributed by atoms with Crippen LogP contribution in [-0.2, 0) is 0 Å². The van der Waals surface area contributed by atoms with Crippen LogP contribution in [-0.4, -0.2) is 9.55 Å². The predicted octanol–water partition coefficient (Wildman–Crippen LogP) is 0.761. The van der Waals surface area contributed by atoms with E-state index in [0.29, 0.717) is 11.4 Å². The van der Waals surface area contributed by atoms with Gasteiger partial charge in [-0.3, -0.25) is 14.3 Å². The van der Waals surface area contributed by atoms with Crippen LogP contribution in [0.25, 0.3) is 5.69 Å². The maximum atomic E-state index is 11.5. The molecule has 2 rings (SSSR count). The van der Waals surface area contributed by atoms with Crippen molar-refractivity contribution in [3.05, 3.63) is 56.3 Å². The molecular formula is C10H8ClN3O2. The number of H-pyrrole nitrogens is 1. The highest BCUT2D eigenvalue weighted by Crippen LogP contribution is 2.09. The van der Waals surface area contributed by atoms with Crippen molar-refractivity contribution in [2.45, 2.75) is 0 Å². The van der Waals surface area contributed by atoms with Crippen molar-refractivity contribution in [3.63, 3.8) is 0 Å². The summed E-state index contributed by atoms with van der Waals surface area (Å²) in [7, 11) is 0. The number of benzene rings is 1. The minimum atomic E-state index is -0.599. The fraction of sp³-hybridized carbons (Fsp3) is 0. The fourth-order valence-corrected chi connectivity index (χ4v) is 1.42. The Morgan fingerprint density at radius 3 is 2.44 bits per heavy atom. The van der Waals surface area contributed by atoms with Crippen LogP contribution in [0.15, 0.2) is 40.1 Å². The molecule has 6 heteroatoms. The van der Waals surface area contributed by atoms with Gasteiger partial charge >= 0.3 is 5.69 Å². The number of rotatable bonds is 1. The number of hydrogen-bond acceptors (Lipinski definition) is 3. The first-order chi connectivity index (χ1) is 7.58. The Morgan fingerprint density at radius 1 is 1.19 bits per heavy atom. The molecule has 0 atom stereocenters. The summed E-state index contributed by atoms with van der Waals surface area (Å²) in [6.45, 7) is 0. The van der Waals surface area contributed by atoms with E-state index in [1.807, 2.05) is 0 Å². The molecule has 0 unspecified atom stereocenters. The zero-order chi connectivity index (χ0) is 11.7. The smallest absolute Gasteiger partial charge is 0.332 e. The molecule has 0 fully saturated rings. The third-order valence-electron chi connectivity index (χ3n) is 2.07. The van der Waals surface area contributed by atoms with Crippen molar-refractivity contribution in [1.82, 2.24) is 9.55 Å². The summed E-state index contributed by atoms with van der Waals surface area (Å²) in [6, 6.07) is 6.62. The number of nitrogens with one attached hydrogen (secondary N) is 1. The van der Waals surface area contributed by atoms with Crippen molar-refractivity contribution in [2.24, 2.45) is 0 Å². The summed E-state index contributed by atoms with van der Waals surface area (Å²) >= 11 is 5.64. The van der Waals surface area contributed by atoms with Crippen LogP contribution in [0.2, 0.25) is 5.02 Å². The van der Waals surface area contributed by atoms with Gasteiger partial charge in [-0.25, -0.2) is 4.79 Å². The molecule has 1 aromatic heterocycles. The lowest BCUT2D eigenvalue weighted by Gasteiger charge is -2.05. The van der Waals surface area contributed by atoms with Crippen molar-refractivity contribution in [1.29, 1.82) is 0 Å². The van der Waals surface area contributed by atoms with E-state index in [1.54, 1.807) is 24.3 Å². The molecule has 1 heterocycles. The number of nitrogens with two attached hydrogens (primary N) is 1. The first-order valence-corrected chi connectivity index (χ1v) is 4.83. The molecule has 0 aliphatic carbocycles. The van der Waals surface area contributed by atoms with Gasteiger partial charge in [0.2, 0.25) is 0 Å². The average molecular weight is 238 g/mol. The number of nitrogens with zero attached hydrogens (tertiary/aromatic N) is 1. The summed E-state index contributed by atoms with van der Waals surface area (Å²) in [5, 5.41) is -0.0450. The number of nitrogen functional groups attached to an aromatic ring is 1. The lowest BCUT2D eigenvalue weighted by molar-refractivity contribution is 0.897. The molecule has 0 radical (unpaired) electrons. The third kappa shape index (κ3) is 1.85. The van der Waals surface area contributed by atoms with E-state index in [4.69, 9.17) is 17.3 Å². The van der Waals surface area contributed by atoms with E-state index < -0.39 is 11.2 Å². The van der Waals surface area contributed by atoms with Gasteiger partial charge in [0.25, 0.3) is 5.56 Å². The second-order valence-electron chi connectivity index (χ2n) is 3.20. The van der Waals surface area contributed by atoms with Crippen molar-refractivity contribution >= 4 is 17.3 Å². The van der Waals surface area contributed by atoms with Crippen LogP contribution in [0.1, 0.15) is 0 Å². The second kappa shape index (κ2) is 3.86. The molecule has 16 heavy (non-hydrogen) atoms. The normalized spacial score (nSPS) is 10.3. The van der Waals surface area contributed by atoms with Gasteiger partial charge in [0.15, 0.2) is 0 Å². The minimum Gasteiger partial charge on any atom is -0.399 e. The van der Waals surface area contributed by atoms with Crippen molar-refractivity contribution in [2.75, 3.05) is 5.73 Å². The maximum absolute atomic E-state index is 11.5. The van der Waals surface area contributed by atoms with Crippen molar-refractivity contribution in [3.8, 4) is 5.69 Å². The van der Waals surface area contributed by atoms with Crippen LogP contribution < -0.4 is 17.0 Å².